The number of amides is 1. The second-order valence-corrected chi connectivity index (χ2v) is 5.77. The fraction of sp³-hybridized carbons (Fsp3) is 0.300. The van der Waals surface area contributed by atoms with Crippen molar-refractivity contribution < 1.29 is 27.8 Å². The zero-order valence-electron chi connectivity index (χ0n) is 15.5. The van der Waals surface area contributed by atoms with E-state index in [1.807, 2.05) is 6.07 Å². The molecule has 2 aromatic carbocycles. The Balaban J connectivity index is 1.93. The van der Waals surface area contributed by atoms with Gasteiger partial charge in [-0.05, 0) is 36.8 Å². The molecule has 8 heteroatoms. The fourth-order valence-electron chi connectivity index (χ4n) is 2.35. The van der Waals surface area contributed by atoms with Gasteiger partial charge in [0.2, 0.25) is 0 Å². The highest BCUT2D eigenvalue weighted by atomic mass is 19.3. The SMILES string of the molecule is CCOc1cc(C#N)ccc1OCC(=O)N(C)Cc1ccc(OC(F)F)cc1. The van der Waals surface area contributed by atoms with E-state index in [1.165, 1.54) is 17.0 Å². The Hall–Kier alpha value is -3.34. The van der Waals surface area contributed by atoms with E-state index in [2.05, 4.69) is 4.74 Å². The monoisotopic (exact) mass is 390 g/mol. The first-order valence-electron chi connectivity index (χ1n) is 8.50. The first-order valence-corrected chi connectivity index (χ1v) is 8.50. The van der Waals surface area contributed by atoms with Crippen LogP contribution in [-0.4, -0.2) is 37.7 Å². The zero-order chi connectivity index (χ0) is 20.5. The van der Waals surface area contributed by atoms with Gasteiger partial charge in [-0.25, -0.2) is 0 Å². The van der Waals surface area contributed by atoms with Crippen molar-refractivity contribution in [2.24, 2.45) is 0 Å². The molecule has 0 saturated carbocycles. The van der Waals surface area contributed by atoms with Gasteiger partial charge in [0.25, 0.3) is 5.91 Å². The van der Waals surface area contributed by atoms with Gasteiger partial charge in [-0.2, -0.15) is 14.0 Å². The first kappa shape index (κ1) is 21.0. The van der Waals surface area contributed by atoms with Gasteiger partial charge in [-0.15, -0.1) is 0 Å². The van der Waals surface area contributed by atoms with Crippen LogP contribution in [0.25, 0.3) is 0 Å². The van der Waals surface area contributed by atoms with E-state index in [0.29, 0.717) is 23.7 Å². The molecule has 0 N–H and O–H groups in total. The van der Waals surface area contributed by atoms with Crippen LogP contribution in [-0.2, 0) is 11.3 Å². The lowest BCUT2D eigenvalue weighted by Gasteiger charge is -2.18. The van der Waals surface area contributed by atoms with Gasteiger partial charge in [0, 0.05) is 19.7 Å². The van der Waals surface area contributed by atoms with Gasteiger partial charge in [-0.1, -0.05) is 12.1 Å². The number of rotatable bonds is 9. The number of carbonyl (C=O) groups is 1. The van der Waals surface area contributed by atoms with Crippen molar-refractivity contribution >= 4 is 5.91 Å². The van der Waals surface area contributed by atoms with Crippen molar-refractivity contribution in [2.75, 3.05) is 20.3 Å². The Morgan fingerprint density at radius 2 is 1.86 bits per heavy atom. The van der Waals surface area contributed by atoms with Crippen molar-refractivity contribution in [1.82, 2.24) is 4.90 Å². The van der Waals surface area contributed by atoms with Crippen molar-refractivity contribution in [3.8, 4) is 23.3 Å². The highest BCUT2D eigenvalue weighted by molar-refractivity contribution is 5.77. The molecule has 28 heavy (non-hydrogen) atoms. The van der Waals surface area contributed by atoms with Crippen molar-refractivity contribution in [2.45, 2.75) is 20.1 Å². The molecule has 0 heterocycles. The number of benzene rings is 2. The molecule has 1 amide bonds. The van der Waals surface area contributed by atoms with E-state index in [4.69, 9.17) is 14.7 Å². The van der Waals surface area contributed by atoms with Crippen LogP contribution < -0.4 is 14.2 Å². The van der Waals surface area contributed by atoms with Crippen molar-refractivity contribution in [3.63, 3.8) is 0 Å². The quantitative estimate of drug-likeness (QED) is 0.654. The number of nitriles is 1. The van der Waals surface area contributed by atoms with Crippen LogP contribution in [0.5, 0.6) is 17.2 Å². The summed E-state index contributed by atoms with van der Waals surface area (Å²) in [5.41, 5.74) is 1.18. The fourth-order valence-corrected chi connectivity index (χ4v) is 2.35. The summed E-state index contributed by atoms with van der Waals surface area (Å²) in [5, 5.41) is 8.96. The number of hydrogen-bond acceptors (Lipinski definition) is 5. The van der Waals surface area contributed by atoms with E-state index in [9.17, 15) is 13.6 Å². The summed E-state index contributed by atoms with van der Waals surface area (Å²) < 4.78 is 39.6. The predicted molar refractivity (Wildman–Crippen MR) is 97.4 cm³/mol. The maximum absolute atomic E-state index is 12.3. The van der Waals surface area contributed by atoms with Crippen LogP contribution in [0.3, 0.4) is 0 Å². The Kier molecular flexibility index (Phi) is 7.57. The highest BCUT2D eigenvalue weighted by Gasteiger charge is 2.13. The Bertz CT molecular complexity index is 835. The number of carbonyl (C=O) groups excluding carboxylic acids is 1. The van der Waals surface area contributed by atoms with E-state index in [1.54, 1.807) is 44.3 Å². The number of halogens is 2. The van der Waals surface area contributed by atoms with E-state index < -0.39 is 6.61 Å². The second-order valence-electron chi connectivity index (χ2n) is 5.77. The van der Waals surface area contributed by atoms with Crippen LogP contribution in [0, 0.1) is 11.3 Å². The third kappa shape index (κ3) is 6.13. The van der Waals surface area contributed by atoms with Gasteiger partial charge in [0.05, 0.1) is 18.2 Å². The van der Waals surface area contributed by atoms with Gasteiger partial charge >= 0.3 is 6.61 Å². The van der Waals surface area contributed by atoms with E-state index >= 15 is 0 Å². The lowest BCUT2D eigenvalue weighted by molar-refractivity contribution is -0.132. The Labute approximate surface area is 161 Å². The van der Waals surface area contributed by atoms with Crippen molar-refractivity contribution in [1.29, 1.82) is 5.26 Å². The summed E-state index contributed by atoms with van der Waals surface area (Å²) in [7, 11) is 1.61. The molecule has 0 fully saturated rings. The average molecular weight is 390 g/mol. The zero-order valence-corrected chi connectivity index (χ0v) is 15.5. The molecule has 0 aliphatic carbocycles. The number of nitrogens with zero attached hydrogens (tertiary/aromatic N) is 2. The standard InChI is InChI=1S/C20H20F2N2O4/c1-3-26-18-10-15(11-23)6-9-17(18)27-13-19(25)24(2)12-14-4-7-16(8-5-14)28-20(21)22/h4-10,20H,3,12-13H2,1-2H3. The molecule has 0 aromatic heterocycles. The van der Waals surface area contributed by atoms with Crippen LogP contribution >= 0.6 is 0 Å². The van der Waals surface area contributed by atoms with Crippen LogP contribution in [0.2, 0.25) is 0 Å². The molecule has 148 valence electrons. The molecule has 0 radical (unpaired) electrons. The third-order valence-electron chi connectivity index (χ3n) is 3.72. The Morgan fingerprint density at radius 1 is 1.14 bits per heavy atom. The molecule has 0 aliphatic heterocycles. The summed E-state index contributed by atoms with van der Waals surface area (Å²) in [4.78, 5) is 13.8. The molecule has 0 atom stereocenters. The van der Waals surface area contributed by atoms with Gasteiger partial charge < -0.3 is 19.1 Å². The molecule has 0 aliphatic rings. The first-order chi connectivity index (χ1) is 13.4. The maximum Gasteiger partial charge on any atom is 0.387 e. The van der Waals surface area contributed by atoms with Gasteiger partial charge in [-0.3, -0.25) is 4.79 Å². The van der Waals surface area contributed by atoms with Gasteiger partial charge in [0.15, 0.2) is 18.1 Å². The topological polar surface area (TPSA) is 71.8 Å². The number of likely N-dealkylation sites (N-methyl/N-ethyl adjacent to an activating group) is 1. The lowest BCUT2D eigenvalue weighted by Crippen LogP contribution is -2.31. The molecular formula is C20H20F2N2O4. The Morgan fingerprint density at radius 3 is 2.46 bits per heavy atom. The van der Waals surface area contributed by atoms with Crippen molar-refractivity contribution in [3.05, 3.63) is 53.6 Å². The number of ether oxygens (including phenoxy) is 3. The predicted octanol–water partition coefficient (Wildman–Crippen LogP) is 3.60. The molecule has 0 bridgehead atoms. The average Bonchev–Trinajstić information content (AvgIpc) is 2.68. The third-order valence-corrected chi connectivity index (χ3v) is 3.72. The summed E-state index contributed by atoms with van der Waals surface area (Å²) in [6.07, 6.45) is 0. The summed E-state index contributed by atoms with van der Waals surface area (Å²) >= 11 is 0. The van der Waals surface area contributed by atoms with Gasteiger partial charge in [0.1, 0.15) is 5.75 Å². The molecule has 0 spiro atoms. The summed E-state index contributed by atoms with van der Waals surface area (Å²) in [6.45, 7) is -0.613. The molecule has 6 nitrogen and oxygen atoms in total. The summed E-state index contributed by atoms with van der Waals surface area (Å²) in [6, 6.07) is 12.8. The number of hydrogen-bond donors (Lipinski definition) is 0. The van der Waals surface area contributed by atoms with Crippen LogP contribution in [0.15, 0.2) is 42.5 Å². The highest BCUT2D eigenvalue weighted by Crippen LogP contribution is 2.28. The van der Waals surface area contributed by atoms with E-state index in [-0.39, 0.29) is 24.8 Å². The van der Waals surface area contributed by atoms with Crippen LogP contribution in [0.1, 0.15) is 18.1 Å². The minimum atomic E-state index is -2.88. The molecule has 2 rings (SSSR count). The smallest absolute Gasteiger partial charge is 0.387 e. The molecule has 0 saturated heterocycles. The molecule has 0 unspecified atom stereocenters. The minimum Gasteiger partial charge on any atom is -0.490 e. The minimum absolute atomic E-state index is 0.0559. The second kappa shape index (κ2) is 10.1. The number of alkyl halides is 2. The molecular weight excluding hydrogens is 370 g/mol. The van der Waals surface area contributed by atoms with E-state index in [0.717, 1.165) is 5.56 Å². The maximum atomic E-state index is 12.3. The normalized spacial score (nSPS) is 10.3. The van der Waals surface area contributed by atoms with Crippen LogP contribution in [0.4, 0.5) is 8.78 Å². The summed E-state index contributed by atoms with van der Waals surface area (Å²) in [5.74, 6) is 0.544. The molecule has 2 aromatic rings. The largest absolute Gasteiger partial charge is 0.490 e. The lowest BCUT2D eigenvalue weighted by atomic mass is 10.2.